The van der Waals surface area contributed by atoms with Crippen LogP contribution in [0.25, 0.3) is 0 Å². The molecule has 1 aliphatic heterocycles. The Labute approximate surface area is 116 Å². The number of carbonyl (C=O) groups excluding carboxylic acids is 1. The van der Waals surface area contributed by atoms with Gasteiger partial charge in [-0.3, -0.25) is 4.79 Å². The molecule has 0 aliphatic carbocycles. The molecule has 1 fully saturated rings. The fraction of sp³-hybridized carbons (Fsp3) is 0.562. The summed E-state index contributed by atoms with van der Waals surface area (Å²) in [5.74, 6) is 0.139. The van der Waals surface area contributed by atoms with Crippen molar-refractivity contribution in [3.8, 4) is 0 Å². The number of quaternary nitrogens is 1. The second kappa shape index (κ2) is 7.29. The predicted molar refractivity (Wildman–Crippen MR) is 78.5 cm³/mol. The van der Waals surface area contributed by atoms with Crippen LogP contribution in [0.4, 0.5) is 5.69 Å². The first-order chi connectivity index (χ1) is 9.24. The average Bonchev–Trinajstić information content (AvgIpc) is 2.68. The van der Waals surface area contributed by atoms with Crippen LogP contribution in [0.2, 0.25) is 0 Å². The first kappa shape index (κ1) is 14.1. The van der Waals surface area contributed by atoms with Gasteiger partial charge in [0.25, 0.3) is 0 Å². The largest absolute Gasteiger partial charge is 0.335 e. The highest BCUT2D eigenvalue weighted by atomic mass is 16.1. The highest BCUT2D eigenvalue weighted by molar-refractivity contribution is 5.90. The number of rotatable bonds is 4. The van der Waals surface area contributed by atoms with Gasteiger partial charge >= 0.3 is 0 Å². The number of carbonyl (C=O) groups is 1. The normalized spacial score (nSPS) is 16.9. The van der Waals surface area contributed by atoms with E-state index in [1.165, 1.54) is 44.3 Å². The minimum Gasteiger partial charge on any atom is -0.335 e. The SMILES string of the molecule is Cc1ccc(NC(=O)CC[NH+]2CCCCCC2)cc1. The van der Waals surface area contributed by atoms with Crippen LogP contribution >= 0.6 is 0 Å². The molecule has 0 saturated carbocycles. The molecule has 3 heteroatoms. The predicted octanol–water partition coefficient (Wildman–Crippen LogP) is 1.78. The fourth-order valence-corrected chi connectivity index (χ4v) is 2.63. The molecule has 0 unspecified atom stereocenters. The lowest BCUT2D eigenvalue weighted by molar-refractivity contribution is -0.898. The lowest BCUT2D eigenvalue weighted by Crippen LogP contribution is -3.12. The zero-order valence-electron chi connectivity index (χ0n) is 11.9. The van der Waals surface area contributed by atoms with Crippen LogP contribution in [0.1, 0.15) is 37.7 Å². The molecule has 19 heavy (non-hydrogen) atoms. The summed E-state index contributed by atoms with van der Waals surface area (Å²) in [5.41, 5.74) is 2.12. The van der Waals surface area contributed by atoms with Crippen LogP contribution < -0.4 is 10.2 Å². The number of benzene rings is 1. The van der Waals surface area contributed by atoms with E-state index in [1.807, 2.05) is 31.2 Å². The lowest BCUT2D eigenvalue weighted by atomic mass is 10.2. The van der Waals surface area contributed by atoms with E-state index in [0.717, 1.165) is 12.2 Å². The minimum atomic E-state index is 0.139. The van der Waals surface area contributed by atoms with Gasteiger partial charge in [0.05, 0.1) is 26.1 Å². The van der Waals surface area contributed by atoms with E-state index in [2.05, 4.69) is 5.32 Å². The van der Waals surface area contributed by atoms with Crippen molar-refractivity contribution >= 4 is 11.6 Å². The van der Waals surface area contributed by atoms with Gasteiger partial charge in [0.2, 0.25) is 5.91 Å². The van der Waals surface area contributed by atoms with E-state index < -0.39 is 0 Å². The second-order valence-electron chi connectivity index (χ2n) is 5.58. The number of aryl methyl sites for hydroxylation is 1. The number of hydrogen-bond acceptors (Lipinski definition) is 1. The van der Waals surface area contributed by atoms with Crippen LogP contribution in [-0.2, 0) is 4.79 Å². The molecular formula is C16H25N2O+. The van der Waals surface area contributed by atoms with Crippen molar-refractivity contribution in [2.45, 2.75) is 39.0 Å². The van der Waals surface area contributed by atoms with Crippen molar-refractivity contribution < 1.29 is 9.69 Å². The molecule has 2 rings (SSSR count). The van der Waals surface area contributed by atoms with Crippen molar-refractivity contribution in [2.75, 3.05) is 25.0 Å². The van der Waals surface area contributed by atoms with Gasteiger partial charge < -0.3 is 10.2 Å². The Hall–Kier alpha value is -1.35. The van der Waals surface area contributed by atoms with E-state index in [0.29, 0.717) is 6.42 Å². The summed E-state index contributed by atoms with van der Waals surface area (Å²) in [6.45, 7) is 5.49. The first-order valence-electron chi connectivity index (χ1n) is 7.44. The molecule has 3 nitrogen and oxygen atoms in total. The van der Waals surface area contributed by atoms with Gasteiger partial charge in [-0.2, -0.15) is 0 Å². The van der Waals surface area contributed by atoms with Crippen molar-refractivity contribution in [3.05, 3.63) is 29.8 Å². The zero-order chi connectivity index (χ0) is 13.5. The summed E-state index contributed by atoms with van der Waals surface area (Å²) in [7, 11) is 0. The highest BCUT2D eigenvalue weighted by Crippen LogP contribution is 2.08. The molecule has 1 heterocycles. The first-order valence-corrected chi connectivity index (χ1v) is 7.44. The molecule has 0 bridgehead atoms. The second-order valence-corrected chi connectivity index (χ2v) is 5.58. The quantitative estimate of drug-likeness (QED) is 0.851. The molecule has 1 amide bonds. The number of amides is 1. The van der Waals surface area contributed by atoms with Gasteiger partial charge in [0.1, 0.15) is 0 Å². The van der Waals surface area contributed by atoms with Crippen LogP contribution in [0.5, 0.6) is 0 Å². The Balaban J connectivity index is 1.73. The standard InChI is InChI=1S/C16H24N2O/c1-14-6-8-15(9-7-14)17-16(19)10-13-18-11-4-2-3-5-12-18/h6-9H,2-5,10-13H2,1H3,(H,17,19)/p+1. The fourth-order valence-electron chi connectivity index (χ4n) is 2.63. The average molecular weight is 261 g/mol. The molecule has 0 spiro atoms. The Morgan fingerprint density at radius 1 is 1.11 bits per heavy atom. The Kier molecular flexibility index (Phi) is 5.40. The van der Waals surface area contributed by atoms with E-state index in [-0.39, 0.29) is 5.91 Å². The minimum absolute atomic E-state index is 0.139. The van der Waals surface area contributed by atoms with Gasteiger partial charge in [0, 0.05) is 5.69 Å². The van der Waals surface area contributed by atoms with Crippen LogP contribution in [0.15, 0.2) is 24.3 Å². The summed E-state index contributed by atoms with van der Waals surface area (Å²) >= 11 is 0. The Morgan fingerprint density at radius 2 is 1.74 bits per heavy atom. The lowest BCUT2D eigenvalue weighted by Gasteiger charge is -2.16. The third-order valence-electron chi connectivity index (χ3n) is 3.85. The molecule has 0 radical (unpaired) electrons. The zero-order valence-corrected chi connectivity index (χ0v) is 11.9. The van der Waals surface area contributed by atoms with E-state index in [4.69, 9.17) is 0 Å². The molecule has 0 atom stereocenters. The summed E-state index contributed by atoms with van der Waals surface area (Å²) in [6, 6.07) is 7.98. The molecule has 1 aromatic rings. The number of likely N-dealkylation sites (tertiary alicyclic amines) is 1. The number of nitrogens with one attached hydrogen (secondary N) is 2. The van der Waals surface area contributed by atoms with E-state index in [1.54, 1.807) is 4.90 Å². The molecule has 1 saturated heterocycles. The molecule has 1 aliphatic rings. The number of anilines is 1. The smallest absolute Gasteiger partial charge is 0.230 e. The molecule has 104 valence electrons. The van der Waals surface area contributed by atoms with Gasteiger partial charge in [-0.15, -0.1) is 0 Å². The summed E-state index contributed by atoms with van der Waals surface area (Å²) in [5, 5.41) is 2.97. The van der Waals surface area contributed by atoms with Gasteiger partial charge in [-0.25, -0.2) is 0 Å². The van der Waals surface area contributed by atoms with Crippen LogP contribution in [0, 0.1) is 6.92 Å². The van der Waals surface area contributed by atoms with Crippen molar-refractivity contribution in [1.82, 2.24) is 0 Å². The molecule has 0 aromatic heterocycles. The summed E-state index contributed by atoms with van der Waals surface area (Å²) < 4.78 is 0. The molecular weight excluding hydrogens is 236 g/mol. The van der Waals surface area contributed by atoms with Crippen LogP contribution in [0.3, 0.4) is 0 Å². The van der Waals surface area contributed by atoms with E-state index in [9.17, 15) is 4.79 Å². The summed E-state index contributed by atoms with van der Waals surface area (Å²) in [4.78, 5) is 13.5. The topological polar surface area (TPSA) is 33.5 Å². The number of hydrogen-bond donors (Lipinski definition) is 2. The van der Waals surface area contributed by atoms with Crippen LogP contribution in [-0.4, -0.2) is 25.5 Å². The van der Waals surface area contributed by atoms with Gasteiger partial charge in [-0.1, -0.05) is 17.7 Å². The van der Waals surface area contributed by atoms with Gasteiger partial charge in [-0.05, 0) is 44.7 Å². The monoisotopic (exact) mass is 261 g/mol. The summed E-state index contributed by atoms with van der Waals surface area (Å²) in [6.07, 6.45) is 5.98. The Bertz CT molecular complexity index is 392. The van der Waals surface area contributed by atoms with Gasteiger partial charge in [0.15, 0.2) is 0 Å². The van der Waals surface area contributed by atoms with Crippen molar-refractivity contribution in [3.63, 3.8) is 0 Å². The molecule has 1 aromatic carbocycles. The maximum absolute atomic E-state index is 11.9. The maximum Gasteiger partial charge on any atom is 0.230 e. The Morgan fingerprint density at radius 3 is 2.37 bits per heavy atom. The van der Waals surface area contributed by atoms with Crippen molar-refractivity contribution in [2.24, 2.45) is 0 Å². The maximum atomic E-state index is 11.9. The third kappa shape index (κ3) is 5.03. The van der Waals surface area contributed by atoms with Crippen molar-refractivity contribution in [1.29, 1.82) is 0 Å². The van der Waals surface area contributed by atoms with E-state index >= 15 is 0 Å². The third-order valence-corrected chi connectivity index (χ3v) is 3.85. The highest BCUT2D eigenvalue weighted by Gasteiger charge is 2.13. The molecule has 2 N–H and O–H groups in total.